The van der Waals surface area contributed by atoms with Crippen molar-refractivity contribution in [3.8, 4) is 0 Å². The molecule has 0 radical (unpaired) electrons. The van der Waals surface area contributed by atoms with Crippen molar-refractivity contribution in [3.63, 3.8) is 0 Å². The van der Waals surface area contributed by atoms with Gasteiger partial charge in [0.25, 0.3) is 5.91 Å². The van der Waals surface area contributed by atoms with Gasteiger partial charge in [-0.25, -0.2) is 4.98 Å². The van der Waals surface area contributed by atoms with Gasteiger partial charge >= 0.3 is 0 Å². The number of pyridine rings is 1. The van der Waals surface area contributed by atoms with Crippen molar-refractivity contribution >= 4 is 34.3 Å². The summed E-state index contributed by atoms with van der Waals surface area (Å²) in [6, 6.07) is 17.1. The number of carbonyl (C=O) groups is 1. The first-order chi connectivity index (χ1) is 14.0. The zero-order chi connectivity index (χ0) is 20.1. The first-order valence-corrected chi connectivity index (χ1v) is 9.50. The highest BCUT2D eigenvalue weighted by Gasteiger charge is 2.44. The molecule has 0 spiro atoms. The molecular weight excluding hydrogens is 388 g/mol. The SMILES string of the molecule is Cc1ccc2oc3c(c(=O)c2c1)C(c1ccc(Cl)cc1)N(c1ccccn1)C3=O. The fraction of sp³-hybridized carbons (Fsp3) is 0.0870. The molecule has 0 aliphatic carbocycles. The standard InChI is InChI=1S/C23H15ClN2O3/c1-13-5-10-17-16(12-13)21(27)19-20(14-6-8-15(24)9-7-14)26(23(28)22(19)29-17)18-4-2-3-11-25-18/h2-12,20H,1H3. The third kappa shape index (κ3) is 2.74. The van der Waals surface area contributed by atoms with Crippen LogP contribution in [0, 0.1) is 6.92 Å². The zero-order valence-corrected chi connectivity index (χ0v) is 16.2. The lowest BCUT2D eigenvalue weighted by molar-refractivity contribution is 0.0970. The molecule has 1 aliphatic rings. The lowest BCUT2D eigenvalue weighted by atomic mass is 9.98. The van der Waals surface area contributed by atoms with Crippen LogP contribution in [0.25, 0.3) is 11.0 Å². The third-order valence-electron chi connectivity index (χ3n) is 5.11. The van der Waals surface area contributed by atoms with Crippen molar-refractivity contribution in [2.45, 2.75) is 13.0 Å². The lowest BCUT2D eigenvalue weighted by Gasteiger charge is -2.24. The molecule has 0 saturated carbocycles. The average Bonchev–Trinajstić information content (AvgIpc) is 3.03. The molecule has 2 aromatic heterocycles. The van der Waals surface area contributed by atoms with Crippen LogP contribution in [-0.2, 0) is 0 Å². The minimum Gasteiger partial charge on any atom is -0.450 e. The molecule has 2 aromatic carbocycles. The van der Waals surface area contributed by atoms with E-state index in [0.29, 0.717) is 27.4 Å². The summed E-state index contributed by atoms with van der Waals surface area (Å²) in [5, 5.41) is 1.03. The molecule has 1 atom stereocenters. The van der Waals surface area contributed by atoms with Crippen molar-refractivity contribution in [2.24, 2.45) is 0 Å². The molecule has 1 aliphatic heterocycles. The minimum atomic E-state index is -0.647. The summed E-state index contributed by atoms with van der Waals surface area (Å²) < 4.78 is 5.93. The maximum Gasteiger partial charge on any atom is 0.296 e. The van der Waals surface area contributed by atoms with Crippen molar-refractivity contribution in [2.75, 3.05) is 4.90 Å². The van der Waals surface area contributed by atoms with E-state index in [1.165, 1.54) is 4.90 Å². The molecule has 142 valence electrons. The Hall–Kier alpha value is -3.44. The van der Waals surface area contributed by atoms with Gasteiger partial charge in [0.15, 0.2) is 5.43 Å². The molecule has 6 heteroatoms. The van der Waals surface area contributed by atoms with Gasteiger partial charge in [0, 0.05) is 11.2 Å². The molecule has 5 nitrogen and oxygen atoms in total. The van der Waals surface area contributed by atoms with E-state index < -0.39 is 11.9 Å². The maximum absolute atomic E-state index is 13.5. The van der Waals surface area contributed by atoms with Crippen molar-refractivity contribution in [1.82, 2.24) is 4.98 Å². The fourth-order valence-electron chi connectivity index (χ4n) is 3.78. The molecule has 3 heterocycles. The van der Waals surface area contributed by atoms with Crippen LogP contribution in [0.4, 0.5) is 5.82 Å². The minimum absolute atomic E-state index is 0.0527. The van der Waals surface area contributed by atoms with E-state index in [4.69, 9.17) is 16.0 Å². The zero-order valence-electron chi connectivity index (χ0n) is 15.4. The monoisotopic (exact) mass is 402 g/mol. The average molecular weight is 403 g/mol. The van der Waals surface area contributed by atoms with Crippen LogP contribution in [0.3, 0.4) is 0 Å². The first kappa shape index (κ1) is 17.6. The summed E-state index contributed by atoms with van der Waals surface area (Å²) in [7, 11) is 0. The Labute approximate surface area is 171 Å². The fourth-order valence-corrected chi connectivity index (χ4v) is 3.91. The summed E-state index contributed by atoms with van der Waals surface area (Å²) in [6.45, 7) is 1.91. The molecule has 1 unspecified atom stereocenters. The van der Waals surface area contributed by atoms with Crippen LogP contribution >= 0.6 is 11.6 Å². The molecule has 0 bridgehead atoms. The van der Waals surface area contributed by atoms with Crippen LogP contribution in [-0.4, -0.2) is 10.9 Å². The summed E-state index contributed by atoms with van der Waals surface area (Å²) in [5.41, 5.74) is 2.20. The Bertz CT molecular complexity index is 1310. The number of fused-ring (bicyclic) bond motifs is 2. The highest BCUT2D eigenvalue weighted by atomic mass is 35.5. The number of rotatable bonds is 2. The molecule has 1 amide bonds. The second kappa shape index (κ2) is 6.57. The van der Waals surface area contributed by atoms with Gasteiger partial charge in [-0.3, -0.25) is 14.5 Å². The number of nitrogens with zero attached hydrogens (tertiary/aromatic N) is 2. The first-order valence-electron chi connectivity index (χ1n) is 9.12. The smallest absolute Gasteiger partial charge is 0.296 e. The number of aromatic nitrogens is 1. The summed E-state index contributed by atoms with van der Waals surface area (Å²) in [4.78, 5) is 32.6. The highest BCUT2D eigenvalue weighted by Crippen LogP contribution is 2.40. The second-order valence-corrected chi connectivity index (χ2v) is 7.43. The van der Waals surface area contributed by atoms with Gasteiger partial charge in [0.2, 0.25) is 5.76 Å². The van der Waals surface area contributed by atoms with Crippen LogP contribution in [0.1, 0.15) is 33.3 Å². The van der Waals surface area contributed by atoms with Crippen LogP contribution in [0.2, 0.25) is 5.02 Å². The van der Waals surface area contributed by atoms with Gasteiger partial charge in [0.05, 0.1) is 17.0 Å². The van der Waals surface area contributed by atoms with E-state index in [-0.39, 0.29) is 11.2 Å². The Morgan fingerprint density at radius 3 is 2.55 bits per heavy atom. The number of carbonyl (C=O) groups excluding carboxylic acids is 1. The normalized spacial score (nSPS) is 15.7. The summed E-state index contributed by atoms with van der Waals surface area (Å²) >= 11 is 6.05. The van der Waals surface area contributed by atoms with Gasteiger partial charge in [-0.1, -0.05) is 41.4 Å². The van der Waals surface area contributed by atoms with E-state index >= 15 is 0 Å². The van der Waals surface area contributed by atoms with Gasteiger partial charge < -0.3 is 4.42 Å². The van der Waals surface area contributed by atoms with Gasteiger partial charge in [0.1, 0.15) is 11.4 Å². The summed E-state index contributed by atoms with van der Waals surface area (Å²) in [6.07, 6.45) is 1.61. The Balaban J connectivity index is 1.83. The number of hydrogen-bond acceptors (Lipinski definition) is 4. The number of anilines is 1. The van der Waals surface area contributed by atoms with Crippen molar-refractivity contribution in [3.05, 3.63) is 105 Å². The van der Waals surface area contributed by atoms with E-state index in [1.807, 2.05) is 25.1 Å². The number of benzene rings is 2. The Morgan fingerprint density at radius 1 is 1.03 bits per heavy atom. The number of amides is 1. The molecule has 0 fully saturated rings. The number of halogens is 1. The van der Waals surface area contributed by atoms with E-state index in [0.717, 1.165) is 11.1 Å². The van der Waals surface area contributed by atoms with E-state index in [9.17, 15) is 9.59 Å². The second-order valence-electron chi connectivity index (χ2n) is 6.99. The Kier molecular flexibility index (Phi) is 4.00. The van der Waals surface area contributed by atoms with Crippen molar-refractivity contribution in [1.29, 1.82) is 0 Å². The predicted octanol–water partition coefficient (Wildman–Crippen LogP) is 4.90. The molecule has 5 rings (SSSR count). The third-order valence-corrected chi connectivity index (χ3v) is 5.36. The quantitative estimate of drug-likeness (QED) is 0.478. The molecule has 0 saturated heterocycles. The number of hydrogen-bond donors (Lipinski definition) is 0. The molecule has 29 heavy (non-hydrogen) atoms. The molecular formula is C23H15ClN2O3. The topological polar surface area (TPSA) is 63.4 Å². The van der Waals surface area contributed by atoms with Gasteiger partial charge in [-0.15, -0.1) is 0 Å². The maximum atomic E-state index is 13.5. The van der Waals surface area contributed by atoms with E-state index in [2.05, 4.69) is 4.98 Å². The molecule has 0 N–H and O–H groups in total. The van der Waals surface area contributed by atoms with E-state index in [1.54, 1.807) is 48.7 Å². The predicted molar refractivity (Wildman–Crippen MR) is 112 cm³/mol. The van der Waals surface area contributed by atoms with Crippen molar-refractivity contribution < 1.29 is 9.21 Å². The number of aryl methyl sites for hydroxylation is 1. The largest absolute Gasteiger partial charge is 0.450 e. The van der Waals surface area contributed by atoms with Crippen LogP contribution in [0.15, 0.2) is 76.1 Å². The highest BCUT2D eigenvalue weighted by molar-refractivity contribution is 6.30. The Morgan fingerprint density at radius 2 is 1.83 bits per heavy atom. The van der Waals surface area contributed by atoms with Crippen LogP contribution < -0.4 is 10.3 Å². The lowest BCUT2D eigenvalue weighted by Crippen LogP contribution is -2.30. The molecule has 4 aromatic rings. The van der Waals surface area contributed by atoms with Gasteiger partial charge in [-0.05, 0) is 48.9 Å². The summed E-state index contributed by atoms with van der Waals surface area (Å²) in [5.74, 6) is 0.110. The van der Waals surface area contributed by atoms with Crippen LogP contribution in [0.5, 0.6) is 0 Å². The van der Waals surface area contributed by atoms with Gasteiger partial charge in [-0.2, -0.15) is 0 Å².